The summed E-state index contributed by atoms with van der Waals surface area (Å²) in [4.78, 5) is 20.4. The lowest BCUT2D eigenvalue weighted by atomic mass is 9.88. The van der Waals surface area contributed by atoms with Crippen LogP contribution in [0.2, 0.25) is 0 Å². The van der Waals surface area contributed by atoms with Crippen molar-refractivity contribution in [1.82, 2.24) is 15.2 Å². The van der Waals surface area contributed by atoms with Crippen molar-refractivity contribution < 1.29 is 13.4 Å². The summed E-state index contributed by atoms with van der Waals surface area (Å²) in [5.41, 5.74) is 3.47. The van der Waals surface area contributed by atoms with Crippen LogP contribution in [0, 0.1) is 5.82 Å². The highest BCUT2D eigenvalue weighted by molar-refractivity contribution is 7.84. The maximum Gasteiger partial charge on any atom is 0.252 e. The molecule has 1 aliphatic heterocycles. The lowest BCUT2D eigenvalue weighted by Gasteiger charge is -2.19. The van der Waals surface area contributed by atoms with Gasteiger partial charge in [0.2, 0.25) is 0 Å². The van der Waals surface area contributed by atoms with Gasteiger partial charge in [0.05, 0.1) is 5.56 Å². The SMILES string of the molecule is CS(=O)c1cccc(C(CCNC(=O)c2ccc(CCN3CCCC3)nc2)c2ccc(F)cc2)c1. The van der Waals surface area contributed by atoms with Gasteiger partial charge in [0.25, 0.3) is 5.91 Å². The van der Waals surface area contributed by atoms with Gasteiger partial charge in [-0.05, 0) is 79.9 Å². The average Bonchev–Trinajstić information content (AvgIpc) is 3.40. The number of pyridine rings is 1. The van der Waals surface area contributed by atoms with Gasteiger partial charge in [0, 0.05) is 59.3 Å². The Balaban J connectivity index is 1.37. The molecule has 1 aliphatic rings. The van der Waals surface area contributed by atoms with E-state index in [2.05, 4.69) is 15.2 Å². The maximum absolute atomic E-state index is 13.5. The fourth-order valence-corrected chi connectivity index (χ4v) is 5.12. The van der Waals surface area contributed by atoms with Crippen molar-refractivity contribution in [2.24, 2.45) is 0 Å². The fourth-order valence-electron chi connectivity index (χ4n) is 4.55. The average molecular weight is 494 g/mol. The molecular formula is C28H32FN3O2S. The van der Waals surface area contributed by atoms with Crippen molar-refractivity contribution in [2.75, 3.05) is 32.4 Å². The van der Waals surface area contributed by atoms with Crippen LogP contribution in [0.1, 0.15) is 52.4 Å². The molecule has 1 fully saturated rings. The lowest BCUT2D eigenvalue weighted by molar-refractivity contribution is 0.0952. The van der Waals surface area contributed by atoms with E-state index < -0.39 is 10.8 Å². The second kappa shape index (κ2) is 12.2. The predicted molar refractivity (Wildman–Crippen MR) is 138 cm³/mol. The van der Waals surface area contributed by atoms with Gasteiger partial charge in [-0.25, -0.2) is 4.39 Å². The van der Waals surface area contributed by atoms with Gasteiger partial charge >= 0.3 is 0 Å². The largest absolute Gasteiger partial charge is 0.352 e. The number of nitrogens with one attached hydrogen (secondary N) is 1. The van der Waals surface area contributed by atoms with Crippen LogP contribution in [0.3, 0.4) is 0 Å². The van der Waals surface area contributed by atoms with Gasteiger partial charge < -0.3 is 10.2 Å². The van der Waals surface area contributed by atoms with E-state index >= 15 is 0 Å². The first-order valence-corrected chi connectivity index (χ1v) is 13.7. The Labute approximate surface area is 209 Å². The third-order valence-corrected chi connectivity index (χ3v) is 7.47. The van der Waals surface area contributed by atoms with Gasteiger partial charge in [0.15, 0.2) is 0 Å². The normalized spacial score (nSPS) is 15.6. The van der Waals surface area contributed by atoms with Gasteiger partial charge in [-0.3, -0.25) is 14.0 Å². The number of likely N-dealkylation sites (tertiary alicyclic amines) is 1. The number of hydrogen-bond acceptors (Lipinski definition) is 4. The molecule has 0 saturated carbocycles. The minimum absolute atomic E-state index is 0.0644. The summed E-state index contributed by atoms with van der Waals surface area (Å²) in [6.07, 6.45) is 7.36. The van der Waals surface area contributed by atoms with E-state index in [4.69, 9.17) is 0 Å². The van der Waals surface area contributed by atoms with Gasteiger partial charge in [-0.2, -0.15) is 0 Å². The standard InChI is InChI=1S/C28H32FN3O2S/c1-35(34)26-6-4-5-22(19-26)27(21-7-10-24(29)11-8-21)13-15-30-28(33)23-9-12-25(31-20-23)14-18-32-16-2-3-17-32/h4-12,19-20,27H,2-3,13-18H2,1H3,(H,30,33). The van der Waals surface area contributed by atoms with E-state index in [1.165, 1.54) is 38.1 Å². The zero-order chi connectivity index (χ0) is 24.6. The van der Waals surface area contributed by atoms with E-state index in [1.807, 2.05) is 36.4 Å². The molecule has 0 spiro atoms. The molecular weight excluding hydrogens is 461 g/mol. The molecule has 0 radical (unpaired) electrons. The Morgan fingerprint density at radius 1 is 1.09 bits per heavy atom. The Morgan fingerprint density at radius 2 is 1.86 bits per heavy atom. The minimum Gasteiger partial charge on any atom is -0.352 e. The van der Waals surface area contributed by atoms with Crippen LogP contribution in [0.15, 0.2) is 71.8 Å². The number of amides is 1. The molecule has 1 aromatic heterocycles. The van der Waals surface area contributed by atoms with Gasteiger partial charge in [0.1, 0.15) is 5.82 Å². The highest BCUT2D eigenvalue weighted by Gasteiger charge is 2.17. The first kappa shape index (κ1) is 25.2. The minimum atomic E-state index is -1.10. The molecule has 2 atom stereocenters. The third kappa shape index (κ3) is 7.05. The van der Waals surface area contributed by atoms with Crippen LogP contribution in [0.5, 0.6) is 0 Å². The van der Waals surface area contributed by atoms with Crippen LogP contribution in [-0.4, -0.2) is 52.4 Å². The molecule has 2 unspecified atom stereocenters. The fraction of sp³-hybridized carbons (Fsp3) is 0.357. The Kier molecular flexibility index (Phi) is 8.77. The molecule has 0 aliphatic carbocycles. The summed E-state index contributed by atoms with van der Waals surface area (Å²) in [6.45, 7) is 3.78. The number of carbonyl (C=O) groups excluding carboxylic acids is 1. The lowest BCUT2D eigenvalue weighted by Crippen LogP contribution is -2.26. The number of halogens is 1. The van der Waals surface area contributed by atoms with Crippen LogP contribution in [0.4, 0.5) is 4.39 Å². The zero-order valence-electron chi connectivity index (χ0n) is 20.1. The molecule has 5 nitrogen and oxygen atoms in total. The second-order valence-electron chi connectivity index (χ2n) is 9.01. The van der Waals surface area contributed by atoms with E-state index in [0.29, 0.717) is 18.5 Å². The van der Waals surface area contributed by atoms with Crippen molar-refractivity contribution in [3.05, 3.63) is 95.1 Å². The summed E-state index contributed by atoms with van der Waals surface area (Å²) in [6, 6.07) is 17.8. The number of benzene rings is 2. The van der Waals surface area contributed by atoms with Gasteiger partial charge in [-0.1, -0.05) is 24.3 Å². The van der Waals surface area contributed by atoms with Crippen molar-refractivity contribution >= 4 is 16.7 Å². The summed E-state index contributed by atoms with van der Waals surface area (Å²) in [5.74, 6) is -0.518. The molecule has 2 heterocycles. The molecule has 4 rings (SSSR count). The number of carbonyl (C=O) groups is 1. The van der Waals surface area contributed by atoms with Crippen molar-refractivity contribution in [3.8, 4) is 0 Å². The molecule has 1 saturated heterocycles. The maximum atomic E-state index is 13.5. The quantitative estimate of drug-likeness (QED) is 0.450. The van der Waals surface area contributed by atoms with Gasteiger partial charge in [-0.15, -0.1) is 0 Å². The first-order valence-electron chi connectivity index (χ1n) is 12.1. The first-order chi connectivity index (χ1) is 17.0. The second-order valence-corrected chi connectivity index (χ2v) is 10.4. The van der Waals surface area contributed by atoms with Crippen molar-refractivity contribution in [3.63, 3.8) is 0 Å². The summed E-state index contributed by atoms with van der Waals surface area (Å²) in [7, 11) is -1.10. The third-order valence-electron chi connectivity index (χ3n) is 6.55. The molecule has 3 aromatic rings. The highest BCUT2D eigenvalue weighted by Crippen LogP contribution is 2.29. The molecule has 7 heteroatoms. The smallest absolute Gasteiger partial charge is 0.252 e. The predicted octanol–water partition coefficient (Wildman–Crippen LogP) is 4.55. The molecule has 1 N–H and O–H groups in total. The molecule has 1 amide bonds. The number of rotatable bonds is 10. The number of nitrogens with zero attached hydrogens (tertiary/aromatic N) is 2. The Bertz CT molecular complexity index is 1150. The van der Waals surface area contributed by atoms with E-state index in [9.17, 15) is 13.4 Å². The Hall–Kier alpha value is -2.90. The number of aromatic nitrogens is 1. The van der Waals surface area contributed by atoms with E-state index in [0.717, 1.165) is 34.7 Å². The topological polar surface area (TPSA) is 62.3 Å². The molecule has 184 valence electrons. The summed E-state index contributed by atoms with van der Waals surface area (Å²) in [5, 5.41) is 2.99. The van der Waals surface area contributed by atoms with E-state index in [1.54, 1.807) is 24.6 Å². The van der Waals surface area contributed by atoms with E-state index in [-0.39, 0.29) is 17.6 Å². The monoisotopic (exact) mass is 493 g/mol. The van der Waals surface area contributed by atoms with Crippen LogP contribution in [0.25, 0.3) is 0 Å². The Morgan fingerprint density at radius 3 is 2.54 bits per heavy atom. The summed E-state index contributed by atoms with van der Waals surface area (Å²) < 4.78 is 25.5. The van der Waals surface area contributed by atoms with Crippen LogP contribution < -0.4 is 5.32 Å². The van der Waals surface area contributed by atoms with Crippen molar-refractivity contribution in [1.29, 1.82) is 0 Å². The zero-order valence-corrected chi connectivity index (χ0v) is 20.9. The summed E-state index contributed by atoms with van der Waals surface area (Å²) >= 11 is 0. The number of hydrogen-bond donors (Lipinski definition) is 1. The molecule has 35 heavy (non-hydrogen) atoms. The molecule has 2 aromatic carbocycles. The molecule has 0 bridgehead atoms. The van der Waals surface area contributed by atoms with Crippen LogP contribution >= 0.6 is 0 Å². The van der Waals surface area contributed by atoms with Crippen molar-refractivity contribution in [2.45, 2.75) is 36.5 Å². The van der Waals surface area contributed by atoms with Crippen LogP contribution in [-0.2, 0) is 17.2 Å². The highest BCUT2D eigenvalue weighted by atomic mass is 32.2.